The zero-order valence-electron chi connectivity index (χ0n) is 19.4. The van der Waals surface area contributed by atoms with Gasteiger partial charge in [0, 0.05) is 36.2 Å². The van der Waals surface area contributed by atoms with Crippen molar-refractivity contribution in [1.82, 2.24) is 14.9 Å². The van der Waals surface area contributed by atoms with Crippen molar-refractivity contribution in [1.29, 1.82) is 0 Å². The number of aliphatic hydroxyl groups excluding tert-OH is 1. The lowest BCUT2D eigenvalue weighted by Gasteiger charge is -2.33. The summed E-state index contributed by atoms with van der Waals surface area (Å²) in [6.07, 6.45) is 5.22. The lowest BCUT2D eigenvalue weighted by Crippen LogP contribution is -2.46. The van der Waals surface area contributed by atoms with E-state index in [1.807, 2.05) is 53.9 Å². The van der Waals surface area contributed by atoms with Crippen molar-refractivity contribution in [3.05, 3.63) is 76.2 Å². The molecule has 178 valence electrons. The highest BCUT2D eigenvalue weighted by Crippen LogP contribution is 2.33. The molecule has 1 N–H and O–H groups in total. The van der Waals surface area contributed by atoms with Gasteiger partial charge in [0.15, 0.2) is 6.29 Å². The van der Waals surface area contributed by atoms with Crippen molar-refractivity contribution in [2.75, 3.05) is 20.3 Å². The second kappa shape index (κ2) is 10.4. The molecule has 0 unspecified atom stereocenters. The Morgan fingerprint density at radius 1 is 1.20 bits per heavy atom. The van der Waals surface area contributed by atoms with Gasteiger partial charge in [0.1, 0.15) is 0 Å². The van der Waals surface area contributed by atoms with Crippen LogP contribution in [0.2, 0.25) is 0 Å². The van der Waals surface area contributed by atoms with Crippen LogP contribution in [0.4, 0.5) is 5.69 Å². The van der Waals surface area contributed by atoms with E-state index in [4.69, 9.17) is 9.73 Å². The van der Waals surface area contributed by atoms with Crippen LogP contribution < -0.4 is 0 Å². The first-order chi connectivity index (χ1) is 17.1. The van der Waals surface area contributed by atoms with Gasteiger partial charge >= 0.3 is 0 Å². The molecule has 7 nitrogen and oxygen atoms in total. The van der Waals surface area contributed by atoms with Crippen LogP contribution in [-0.4, -0.2) is 65.0 Å². The molecule has 0 saturated carbocycles. The summed E-state index contributed by atoms with van der Waals surface area (Å²) >= 11 is 1.55. The smallest absolute Gasteiger partial charge is 0.152 e. The van der Waals surface area contributed by atoms with E-state index in [0.29, 0.717) is 30.9 Å². The van der Waals surface area contributed by atoms with Gasteiger partial charge in [0.05, 0.1) is 47.7 Å². The number of benzene rings is 2. The van der Waals surface area contributed by atoms with Gasteiger partial charge in [-0.2, -0.15) is 0 Å². The molecule has 5 rings (SSSR count). The molecule has 4 aromatic rings. The highest BCUT2D eigenvalue weighted by molar-refractivity contribution is 7.07. The Morgan fingerprint density at radius 2 is 2.06 bits per heavy atom. The minimum absolute atomic E-state index is 0.0718. The molecule has 0 bridgehead atoms. The molecule has 3 heterocycles. The minimum Gasteiger partial charge on any atom is -0.389 e. The number of rotatable bonds is 7. The average molecular weight is 487 g/mol. The first-order valence-corrected chi connectivity index (χ1v) is 12.4. The zero-order chi connectivity index (χ0) is 24.2. The first kappa shape index (κ1) is 23.3. The van der Waals surface area contributed by atoms with Crippen LogP contribution in [0, 0.1) is 0 Å². The molecule has 1 saturated heterocycles. The van der Waals surface area contributed by atoms with Crippen molar-refractivity contribution >= 4 is 40.4 Å². The summed E-state index contributed by atoms with van der Waals surface area (Å²) in [6, 6.07) is 13.9. The fourth-order valence-electron chi connectivity index (χ4n) is 4.50. The Hall–Kier alpha value is -3.46. The number of aldehydes is 1. The molecule has 8 heteroatoms. The zero-order valence-corrected chi connectivity index (χ0v) is 20.2. The van der Waals surface area contributed by atoms with Crippen LogP contribution >= 0.6 is 11.3 Å². The molecule has 1 aliphatic heterocycles. The van der Waals surface area contributed by atoms with E-state index in [-0.39, 0.29) is 6.04 Å². The maximum atomic E-state index is 12.1. The lowest BCUT2D eigenvalue weighted by molar-refractivity contribution is -0.0442. The molecule has 0 amide bonds. The number of pyridine rings is 1. The normalized spacial score (nSPS) is 18.2. The van der Waals surface area contributed by atoms with Gasteiger partial charge in [-0.15, -0.1) is 11.3 Å². The van der Waals surface area contributed by atoms with Crippen molar-refractivity contribution in [2.24, 2.45) is 4.99 Å². The highest BCUT2D eigenvalue weighted by atomic mass is 32.1. The van der Waals surface area contributed by atoms with Gasteiger partial charge < -0.3 is 14.7 Å². The Bertz CT molecular complexity index is 1340. The summed E-state index contributed by atoms with van der Waals surface area (Å²) in [5, 5.41) is 14.2. The van der Waals surface area contributed by atoms with Crippen molar-refractivity contribution in [2.45, 2.75) is 25.0 Å². The summed E-state index contributed by atoms with van der Waals surface area (Å²) in [7, 11) is 1.89. The summed E-state index contributed by atoms with van der Waals surface area (Å²) in [5.74, 6) is 0. The van der Waals surface area contributed by atoms with E-state index in [1.54, 1.807) is 23.2 Å². The molecule has 0 aliphatic carbocycles. The Morgan fingerprint density at radius 3 is 2.77 bits per heavy atom. The van der Waals surface area contributed by atoms with Crippen molar-refractivity contribution in [3.8, 4) is 11.4 Å². The molecule has 35 heavy (non-hydrogen) atoms. The number of ether oxygens (including phenoxy) is 1. The number of aliphatic imine (C=N–C) groups is 1. The van der Waals surface area contributed by atoms with Gasteiger partial charge in [-0.3, -0.25) is 9.78 Å². The van der Waals surface area contributed by atoms with Gasteiger partial charge in [-0.05, 0) is 41.5 Å². The predicted octanol–water partition coefficient (Wildman–Crippen LogP) is 4.50. The minimum atomic E-state index is -0.569. The standard InChI is InChI=1S/C27H26N4O3S/c1-31(25-8-9-34-14-26(25)33)16-29-27-20(13-32)11-19(21-4-2-3-5-22(21)27)10-18-6-7-23(28-12-18)24-15-35-17-30-24/h2-7,11-13,15-17,25-26,33H,8-10,14H2,1H3/b29-16-/t25-,26-/m0/s1. The van der Waals surface area contributed by atoms with Gasteiger partial charge in [0.25, 0.3) is 0 Å². The molecule has 1 aliphatic rings. The molecule has 2 atom stereocenters. The van der Waals surface area contributed by atoms with Gasteiger partial charge in [-0.25, -0.2) is 9.98 Å². The second-order valence-electron chi connectivity index (χ2n) is 8.65. The third-order valence-electron chi connectivity index (χ3n) is 6.36. The van der Waals surface area contributed by atoms with E-state index in [9.17, 15) is 9.90 Å². The third kappa shape index (κ3) is 5.00. The summed E-state index contributed by atoms with van der Waals surface area (Å²) in [4.78, 5) is 27.6. The number of aliphatic hydroxyl groups is 1. The maximum absolute atomic E-state index is 12.1. The number of fused-ring (bicyclic) bond motifs is 1. The topological polar surface area (TPSA) is 87.9 Å². The molecule has 0 radical (unpaired) electrons. The average Bonchev–Trinajstić information content (AvgIpc) is 3.43. The summed E-state index contributed by atoms with van der Waals surface area (Å²) in [5.41, 5.74) is 6.76. The van der Waals surface area contributed by atoms with Crippen LogP contribution in [0.15, 0.2) is 64.5 Å². The molecule has 1 fully saturated rings. The molecule has 0 spiro atoms. The fraction of sp³-hybridized carbons (Fsp3) is 0.259. The number of hydrogen-bond acceptors (Lipinski definition) is 7. The van der Waals surface area contributed by atoms with E-state index in [2.05, 4.69) is 22.1 Å². The first-order valence-electron chi connectivity index (χ1n) is 11.5. The van der Waals surface area contributed by atoms with Crippen LogP contribution in [0.3, 0.4) is 0 Å². The van der Waals surface area contributed by atoms with E-state index >= 15 is 0 Å². The Labute approximate surface area is 207 Å². The maximum Gasteiger partial charge on any atom is 0.152 e. The number of nitrogens with zero attached hydrogens (tertiary/aromatic N) is 4. The lowest BCUT2D eigenvalue weighted by atomic mass is 9.95. The van der Waals surface area contributed by atoms with Crippen LogP contribution in [-0.2, 0) is 11.2 Å². The monoisotopic (exact) mass is 486 g/mol. The third-order valence-corrected chi connectivity index (χ3v) is 6.94. The van der Waals surface area contributed by atoms with Gasteiger partial charge in [-0.1, -0.05) is 30.3 Å². The number of thiazole rings is 1. The number of likely N-dealkylation sites (N-methyl/N-ethyl adjacent to an activating group) is 1. The van der Waals surface area contributed by atoms with Crippen molar-refractivity contribution in [3.63, 3.8) is 0 Å². The van der Waals surface area contributed by atoms with Crippen molar-refractivity contribution < 1.29 is 14.6 Å². The van der Waals surface area contributed by atoms with E-state index in [1.165, 1.54) is 0 Å². The highest BCUT2D eigenvalue weighted by Gasteiger charge is 2.26. The summed E-state index contributed by atoms with van der Waals surface area (Å²) < 4.78 is 5.33. The van der Waals surface area contributed by atoms with E-state index < -0.39 is 6.10 Å². The molecule has 2 aromatic heterocycles. The number of hydrogen-bond donors (Lipinski definition) is 1. The van der Waals surface area contributed by atoms with Gasteiger partial charge in [0.2, 0.25) is 0 Å². The van der Waals surface area contributed by atoms with Crippen LogP contribution in [0.5, 0.6) is 0 Å². The van der Waals surface area contributed by atoms with Crippen LogP contribution in [0.25, 0.3) is 22.2 Å². The SMILES string of the molecule is CN(/C=N\c1c(C=O)cc(Cc2ccc(-c3cscn3)nc2)c2ccccc12)[C@H]1CCOC[C@@H]1O. The molecule has 2 aromatic carbocycles. The predicted molar refractivity (Wildman–Crippen MR) is 139 cm³/mol. The molecular weight excluding hydrogens is 460 g/mol. The fourth-order valence-corrected chi connectivity index (χ4v) is 5.05. The number of carbonyl (C=O) groups is 1. The van der Waals surface area contributed by atoms with E-state index in [0.717, 1.165) is 46.0 Å². The number of carbonyl (C=O) groups excluding carboxylic acids is 1. The number of aromatic nitrogens is 2. The summed E-state index contributed by atoms with van der Waals surface area (Å²) in [6.45, 7) is 0.927. The second-order valence-corrected chi connectivity index (χ2v) is 9.37. The Kier molecular flexibility index (Phi) is 6.94. The quantitative estimate of drug-likeness (QED) is 0.235. The largest absolute Gasteiger partial charge is 0.389 e. The molecular formula is C27H26N4O3S. The van der Waals surface area contributed by atoms with Crippen LogP contribution in [0.1, 0.15) is 27.9 Å². The Balaban J connectivity index is 1.46.